The molecular formula is C24H23N3O4. The van der Waals surface area contributed by atoms with Gasteiger partial charge in [-0.05, 0) is 42.3 Å². The minimum Gasteiger partial charge on any atom is -0.497 e. The standard InChI is InChI=1S/C24H23N3O4/c1-31-20-9-7-17(8-10-20)23(28)26-19-13-21(24(29)30)22(25-14-19)27-12-11-18(15-27)16-5-3-2-4-6-16/h2-10,13-14,18H,11-12,15H2,1H3,(H,26,28)(H,29,30)/t18-/m0/s1. The molecule has 1 fully saturated rings. The van der Waals surface area contributed by atoms with Gasteiger partial charge in [-0.1, -0.05) is 30.3 Å². The first kappa shape index (κ1) is 20.4. The molecule has 1 atom stereocenters. The number of carboxylic acids is 1. The van der Waals surface area contributed by atoms with Gasteiger partial charge in [0, 0.05) is 24.6 Å². The second-order valence-electron chi connectivity index (χ2n) is 7.43. The minimum atomic E-state index is -1.08. The van der Waals surface area contributed by atoms with Crippen molar-refractivity contribution < 1.29 is 19.4 Å². The van der Waals surface area contributed by atoms with Gasteiger partial charge in [-0.25, -0.2) is 9.78 Å². The molecule has 158 valence electrons. The predicted octanol–water partition coefficient (Wildman–Crippen LogP) is 4.03. The Morgan fingerprint density at radius 1 is 1.13 bits per heavy atom. The maximum Gasteiger partial charge on any atom is 0.339 e. The Kier molecular flexibility index (Phi) is 5.84. The van der Waals surface area contributed by atoms with E-state index in [-0.39, 0.29) is 11.5 Å². The Morgan fingerprint density at radius 3 is 2.55 bits per heavy atom. The molecule has 0 aliphatic carbocycles. The lowest BCUT2D eigenvalue weighted by Crippen LogP contribution is -2.23. The largest absolute Gasteiger partial charge is 0.497 e. The van der Waals surface area contributed by atoms with Crippen LogP contribution < -0.4 is 15.0 Å². The van der Waals surface area contributed by atoms with Crippen molar-refractivity contribution in [3.63, 3.8) is 0 Å². The number of methoxy groups -OCH3 is 1. The van der Waals surface area contributed by atoms with Gasteiger partial charge >= 0.3 is 5.97 Å². The van der Waals surface area contributed by atoms with Crippen molar-refractivity contribution in [2.45, 2.75) is 12.3 Å². The van der Waals surface area contributed by atoms with Crippen molar-refractivity contribution in [2.75, 3.05) is 30.4 Å². The lowest BCUT2D eigenvalue weighted by molar-refractivity contribution is 0.0696. The number of hydrogen-bond donors (Lipinski definition) is 2. The molecule has 7 nitrogen and oxygen atoms in total. The number of anilines is 2. The molecule has 4 rings (SSSR count). The predicted molar refractivity (Wildman–Crippen MR) is 118 cm³/mol. The van der Waals surface area contributed by atoms with E-state index in [9.17, 15) is 14.7 Å². The lowest BCUT2D eigenvalue weighted by Gasteiger charge is -2.20. The molecule has 7 heteroatoms. The van der Waals surface area contributed by atoms with Crippen molar-refractivity contribution in [3.8, 4) is 5.75 Å². The van der Waals surface area contributed by atoms with Crippen LogP contribution in [0.4, 0.5) is 11.5 Å². The fourth-order valence-electron chi connectivity index (χ4n) is 3.83. The number of ether oxygens (including phenoxy) is 1. The van der Waals surface area contributed by atoms with Gasteiger partial charge in [-0.3, -0.25) is 4.79 Å². The van der Waals surface area contributed by atoms with Crippen LogP contribution in [0.3, 0.4) is 0 Å². The summed E-state index contributed by atoms with van der Waals surface area (Å²) in [4.78, 5) is 30.8. The van der Waals surface area contributed by atoms with Crippen LogP contribution in [0.2, 0.25) is 0 Å². The van der Waals surface area contributed by atoms with Crippen molar-refractivity contribution in [3.05, 3.63) is 83.6 Å². The summed E-state index contributed by atoms with van der Waals surface area (Å²) in [6.07, 6.45) is 2.43. The molecule has 1 aliphatic rings. The van der Waals surface area contributed by atoms with Gasteiger partial charge in [0.1, 0.15) is 17.1 Å². The van der Waals surface area contributed by atoms with Crippen LogP contribution in [0.1, 0.15) is 38.6 Å². The van der Waals surface area contributed by atoms with E-state index in [4.69, 9.17) is 4.74 Å². The first-order valence-electron chi connectivity index (χ1n) is 10.0. The highest BCUT2D eigenvalue weighted by Gasteiger charge is 2.28. The number of carboxylic acid groups (broad SMARTS) is 1. The van der Waals surface area contributed by atoms with Crippen LogP contribution in [0.5, 0.6) is 5.75 Å². The quantitative estimate of drug-likeness (QED) is 0.629. The van der Waals surface area contributed by atoms with E-state index in [0.29, 0.717) is 35.3 Å². The molecule has 2 aromatic carbocycles. The van der Waals surface area contributed by atoms with Crippen LogP contribution in [-0.2, 0) is 0 Å². The van der Waals surface area contributed by atoms with Crippen molar-refractivity contribution in [2.24, 2.45) is 0 Å². The second-order valence-corrected chi connectivity index (χ2v) is 7.43. The smallest absolute Gasteiger partial charge is 0.339 e. The van der Waals surface area contributed by atoms with Gasteiger partial charge < -0.3 is 20.1 Å². The van der Waals surface area contributed by atoms with E-state index in [0.717, 1.165) is 13.0 Å². The summed E-state index contributed by atoms with van der Waals surface area (Å²) < 4.78 is 5.10. The van der Waals surface area contributed by atoms with Crippen LogP contribution in [0.25, 0.3) is 0 Å². The zero-order valence-electron chi connectivity index (χ0n) is 17.1. The van der Waals surface area contributed by atoms with Crippen molar-refractivity contribution in [1.82, 2.24) is 4.98 Å². The molecule has 3 aromatic rings. The average molecular weight is 417 g/mol. The molecule has 1 aliphatic heterocycles. The zero-order valence-corrected chi connectivity index (χ0v) is 17.1. The number of aromatic carboxylic acids is 1. The number of amides is 1. The summed E-state index contributed by atoms with van der Waals surface area (Å²) in [5, 5.41) is 12.5. The van der Waals surface area contributed by atoms with E-state index in [1.807, 2.05) is 23.1 Å². The number of rotatable bonds is 6. The highest BCUT2D eigenvalue weighted by atomic mass is 16.5. The molecule has 0 radical (unpaired) electrons. The minimum absolute atomic E-state index is 0.0706. The first-order chi connectivity index (χ1) is 15.0. The van der Waals surface area contributed by atoms with Crippen molar-refractivity contribution >= 4 is 23.4 Å². The Balaban J connectivity index is 1.51. The molecule has 2 heterocycles. The Labute approximate surface area is 180 Å². The molecule has 0 spiro atoms. The number of benzene rings is 2. The molecule has 2 N–H and O–H groups in total. The molecule has 0 unspecified atom stereocenters. The van der Waals surface area contributed by atoms with E-state index in [1.54, 1.807) is 31.4 Å². The fraction of sp³-hybridized carbons (Fsp3) is 0.208. The molecule has 1 saturated heterocycles. The maximum atomic E-state index is 12.5. The summed E-state index contributed by atoms with van der Waals surface area (Å²) >= 11 is 0. The summed E-state index contributed by atoms with van der Waals surface area (Å²) in [5.41, 5.74) is 2.08. The Morgan fingerprint density at radius 2 is 1.87 bits per heavy atom. The van der Waals surface area contributed by atoms with E-state index in [1.165, 1.54) is 17.8 Å². The van der Waals surface area contributed by atoms with E-state index in [2.05, 4.69) is 22.4 Å². The SMILES string of the molecule is COc1ccc(C(=O)Nc2cnc(N3CC[C@H](c4ccccc4)C3)c(C(=O)O)c2)cc1. The molecular weight excluding hydrogens is 394 g/mol. The molecule has 0 saturated carbocycles. The van der Waals surface area contributed by atoms with Gasteiger partial charge in [-0.15, -0.1) is 0 Å². The number of nitrogens with one attached hydrogen (secondary N) is 1. The van der Waals surface area contributed by atoms with Crippen LogP contribution in [-0.4, -0.2) is 42.2 Å². The van der Waals surface area contributed by atoms with Gasteiger partial charge in [0.2, 0.25) is 0 Å². The fourth-order valence-corrected chi connectivity index (χ4v) is 3.83. The lowest BCUT2D eigenvalue weighted by atomic mass is 9.99. The molecule has 0 bridgehead atoms. The highest BCUT2D eigenvalue weighted by Crippen LogP contribution is 2.32. The first-order valence-corrected chi connectivity index (χ1v) is 10.0. The van der Waals surface area contributed by atoms with Crippen LogP contribution in [0.15, 0.2) is 66.9 Å². The zero-order chi connectivity index (χ0) is 21.8. The summed E-state index contributed by atoms with van der Waals surface area (Å²) in [5.74, 6) is -0.0207. The Bertz CT molecular complexity index is 1080. The molecule has 31 heavy (non-hydrogen) atoms. The monoisotopic (exact) mass is 417 g/mol. The number of aromatic nitrogens is 1. The van der Waals surface area contributed by atoms with Gasteiger partial charge in [0.15, 0.2) is 0 Å². The van der Waals surface area contributed by atoms with Crippen molar-refractivity contribution in [1.29, 1.82) is 0 Å². The van der Waals surface area contributed by atoms with Crippen LogP contribution in [0, 0.1) is 0 Å². The number of hydrogen-bond acceptors (Lipinski definition) is 5. The van der Waals surface area contributed by atoms with Gasteiger partial charge in [0.25, 0.3) is 5.91 Å². The third kappa shape index (κ3) is 4.50. The third-order valence-electron chi connectivity index (χ3n) is 5.47. The number of carbonyl (C=O) groups excluding carboxylic acids is 1. The van der Waals surface area contributed by atoms with E-state index < -0.39 is 5.97 Å². The Hall–Kier alpha value is -3.87. The molecule has 1 aromatic heterocycles. The topological polar surface area (TPSA) is 91.8 Å². The number of pyridine rings is 1. The summed E-state index contributed by atoms with van der Waals surface area (Å²) in [6.45, 7) is 1.43. The third-order valence-corrected chi connectivity index (χ3v) is 5.47. The van der Waals surface area contributed by atoms with E-state index >= 15 is 0 Å². The van der Waals surface area contributed by atoms with Gasteiger partial charge in [0.05, 0.1) is 19.0 Å². The second kappa shape index (κ2) is 8.87. The number of carbonyl (C=O) groups is 2. The molecule has 1 amide bonds. The highest BCUT2D eigenvalue weighted by molar-refractivity contribution is 6.05. The number of nitrogens with zero attached hydrogens (tertiary/aromatic N) is 2. The maximum absolute atomic E-state index is 12.5. The van der Waals surface area contributed by atoms with Crippen LogP contribution >= 0.6 is 0 Å². The normalized spacial score (nSPS) is 15.5. The average Bonchev–Trinajstić information content (AvgIpc) is 3.30. The summed E-state index contributed by atoms with van der Waals surface area (Å²) in [7, 11) is 1.55. The van der Waals surface area contributed by atoms with Gasteiger partial charge in [-0.2, -0.15) is 0 Å². The summed E-state index contributed by atoms with van der Waals surface area (Å²) in [6, 6.07) is 18.3.